The second-order valence-corrected chi connectivity index (χ2v) is 5.10. The van der Waals surface area contributed by atoms with E-state index in [0.29, 0.717) is 5.92 Å². The molecular weight excluding hydrogens is 254 g/mol. The number of rotatable bonds is 7. The number of ether oxygens (including phenoxy) is 3. The minimum Gasteiger partial charge on any atom is -0.493 e. The molecule has 0 spiro atoms. The molecule has 0 unspecified atom stereocenters. The second kappa shape index (κ2) is 8.12. The van der Waals surface area contributed by atoms with Gasteiger partial charge in [-0.2, -0.15) is 0 Å². The minimum absolute atomic E-state index is 0.584. The average Bonchev–Trinajstić information content (AvgIpc) is 2.52. The summed E-state index contributed by atoms with van der Waals surface area (Å²) < 4.78 is 16.9. The van der Waals surface area contributed by atoms with Crippen molar-refractivity contribution in [2.45, 2.75) is 26.3 Å². The first kappa shape index (κ1) is 15.1. The first-order valence-electron chi connectivity index (χ1n) is 7.42. The number of methoxy groups -OCH3 is 1. The highest BCUT2D eigenvalue weighted by Gasteiger charge is 2.17. The van der Waals surface area contributed by atoms with E-state index in [2.05, 4.69) is 18.3 Å². The van der Waals surface area contributed by atoms with E-state index in [1.54, 1.807) is 7.11 Å². The molecule has 0 atom stereocenters. The molecule has 0 radical (unpaired) electrons. The van der Waals surface area contributed by atoms with Gasteiger partial charge in [0.2, 0.25) is 0 Å². The van der Waals surface area contributed by atoms with Gasteiger partial charge in [-0.3, -0.25) is 0 Å². The molecule has 1 aromatic rings. The third-order valence-corrected chi connectivity index (χ3v) is 3.65. The molecule has 1 saturated heterocycles. The van der Waals surface area contributed by atoms with Crippen molar-refractivity contribution in [2.75, 3.05) is 33.5 Å². The van der Waals surface area contributed by atoms with Gasteiger partial charge in [-0.05, 0) is 31.4 Å². The molecule has 4 heteroatoms. The zero-order valence-electron chi connectivity index (χ0n) is 12.5. The Hall–Kier alpha value is -1.26. The molecule has 0 aromatic heterocycles. The van der Waals surface area contributed by atoms with Crippen LogP contribution in [0.1, 0.15) is 25.3 Å². The van der Waals surface area contributed by atoms with Crippen LogP contribution < -0.4 is 14.8 Å². The van der Waals surface area contributed by atoms with Gasteiger partial charge >= 0.3 is 0 Å². The predicted octanol–water partition coefficient (Wildman–Crippen LogP) is 2.61. The van der Waals surface area contributed by atoms with Crippen molar-refractivity contribution in [2.24, 2.45) is 5.92 Å². The van der Waals surface area contributed by atoms with E-state index in [1.165, 1.54) is 0 Å². The summed E-state index contributed by atoms with van der Waals surface area (Å²) in [6.45, 7) is 6.29. The van der Waals surface area contributed by atoms with Crippen LogP contribution in [0.3, 0.4) is 0 Å². The van der Waals surface area contributed by atoms with E-state index in [9.17, 15) is 0 Å². The van der Waals surface area contributed by atoms with Crippen molar-refractivity contribution < 1.29 is 14.2 Å². The molecule has 1 fully saturated rings. The first-order chi connectivity index (χ1) is 9.85. The van der Waals surface area contributed by atoms with Crippen LogP contribution in [0.4, 0.5) is 0 Å². The average molecular weight is 279 g/mol. The van der Waals surface area contributed by atoms with Gasteiger partial charge in [0, 0.05) is 25.3 Å². The van der Waals surface area contributed by atoms with Gasteiger partial charge in [-0.1, -0.05) is 19.1 Å². The third-order valence-electron chi connectivity index (χ3n) is 3.65. The summed E-state index contributed by atoms with van der Waals surface area (Å²) in [5.74, 6) is 2.27. The van der Waals surface area contributed by atoms with Crippen molar-refractivity contribution in [3.05, 3.63) is 23.8 Å². The highest BCUT2D eigenvalue weighted by Crippen LogP contribution is 2.32. The van der Waals surface area contributed by atoms with Gasteiger partial charge in [0.05, 0.1) is 13.7 Å². The standard InChI is InChI=1S/C16H25NO3/c1-3-17-11-14-5-4-6-15(18-2)16(14)20-12-13-7-9-19-10-8-13/h4-6,13,17H,3,7-12H2,1-2H3. The molecule has 0 saturated carbocycles. The SMILES string of the molecule is CCNCc1cccc(OC)c1OCC1CCOCC1. The summed E-state index contributed by atoms with van der Waals surface area (Å²) in [5.41, 5.74) is 1.15. The van der Waals surface area contributed by atoms with Gasteiger partial charge in [-0.15, -0.1) is 0 Å². The van der Waals surface area contributed by atoms with Crippen molar-refractivity contribution >= 4 is 0 Å². The molecular formula is C16H25NO3. The largest absolute Gasteiger partial charge is 0.493 e. The fourth-order valence-corrected chi connectivity index (χ4v) is 2.40. The van der Waals surface area contributed by atoms with E-state index in [1.807, 2.05) is 12.1 Å². The fourth-order valence-electron chi connectivity index (χ4n) is 2.40. The molecule has 20 heavy (non-hydrogen) atoms. The highest BCUT2D eigenvalue weighted by atomic mass is 16.5. The van der Waals surface area contributed by atoms with E-state index in [-0.39, 0.29) is 0 Å². The molecule has 1 heterocycles. The van der Waals surface area contributed by atoms with E-state index < -0.39 is 0 Å². The zero-order valence-corrected chi connectivity index (χ0v) is 12.5. The van der Waals surface area contributed by atoms with Gasteiger partial charge in [0.15, 0.2) is 11.5 Å². The number of para-hydroxylation sites is 1. The van der Waals surface area contributed by atoms with Crippen LogP contribution in [0.5, 0.6) is 11.5 Å². The fraction of sp³-hybridized carbons (Fsp3) is 0.625. The lowest BCUT2D eigenvalue weighted by Crippen LogP contribution is -2.22. The lowest BCUT2D eigenvalue weighted by Gasteiger charge is -2.23. The molecule has 4 nitrogen and oxygen atoms in total. The van der Waals surface area contributed by atoms with Gasteiger partial charge in [-0.25, -0.2) is 0 Å². The summed E-state index contributed by atoms with van der Waals surface area (Å²) in [4.78, 5) is 0. The maximum absolute atomic E-state index is 6.08. The number of nitrogens with one attached hydrogen (secondary N) is 1. The summed E-state index contributed by atoms with van der Waals surface area (Å²) in [5, 5.41) is 3.34. The zero-order chi connectivity index (χ0) is 14.2. The molecule has 1 N–H and O–H groups in total. The quantitative estimate of drug-likeness (QED) is 0.833. The highest BCUT2D eigenvalue weighted by molar-refractivity contribution is 5.46. The Bertz CT molecular complexity index is 403. The Morgan fingerprint density at radius 2 is 2.10 bits per heavy atom. The number of hydrogen-bond acceptors (Lipinski definition) is 4. The number of benzene rings is 1. The van der Waals surface area contributed by atoms with Crippen molar-refractivity contribution in [3.8, 4) is 11.5 Å². The normalized spacial score (nSPS) is 16.1. The Labute approximate surface area is 121 Å². The monoisotopic (exact) mass is 279 g/mol. The summed E-state index contributed by atoms with van der Waals surface area (Å²) in [6.07, 6.45) is 2.16. The molecule has 1 aliphatic rings. The molecule has 1 aliphatic heterocycles. The Kier molecular flexibility index (Phi) is 6.15. The molecule has 0 amide bonds. The molecule has 0 bridgehead atoms. The third kappa shape index (κ3) is 4.12. The van der Waals surface area contributed by atoms with Gasteiger partial charge in [0.25, 0.3) is 0 Å². The second-order valence-electron chi connectivity index (χ2n) is 5.10. The van der Waals surface area contributed by atoms with Crippen molar-refractivity contribution in [1.82, 2.24) is 5.32 Å². The van der Waals surface area contributed by atoms with Gasteiger partial charge < -0.3 is 19.5 Å². The van der Waals surface area contributed by atoms with Crippen LogP contribution in [-0.2, 0) is 11.3 Å². The van der Waals surface area contributed by atoms with Crippen molar-refractivity contribution in [3.63, 3.8) is 0 Å². The first-order valence-corrected chi connectivity index (χ1v) is 7.42. The number of hydrogen-bond donors (Lipinski definition) is 1. The lowest BCUT2D eigenvalue weighted by molar-refractivity contribution is 0.0492. The molecule has 112 valence electrons. The Balaban J connectivity index is 2.02. The van der Waals surface area contributed by atoms with Crippen LogP contribution in [0.2, 0.25) is 0 Å². The lowest BCUT2D eigenvalue weighted by atomic mass is 10.0. The smallest absolute Gasteiger partial charge is 0.165 e. The summed E-state index contributed by atoms with van der Waals surface area (Å²) >= 11 is 0. The van der Waals surface area contributed by atoms with Crippen LogP contribution in [0, 0.1) is 5.92 Å². The maximum atomic E-state index is 6.08. The van der Waals surface area contributed by atoms with Crippen LogP contribution in [0.25, 0.3) is 0 Å². The van der Waals surface area contributed by atoms with Crippen LogP contribution in [0.15, 0.2) is 18.2 Å². The maximum Gasteiger partial charge on any atom is 0.165 e. The molecule has 0 aliphatic carbocycles. The van der Waals surface area contributed by atoms with E-state index in [0.717, 1.165) is 62.8 Å². The van der Waals surface area contributed by atoms with Crippen molar-refractivity contribution in [1.29, 1.82) is 0 Å². The topological polar surface area (TPSA) is 39.7 Å². The van der Waals surface area contributed by atoms with E-state index >= 15 is 0 Å². The molecule has 1 aromatic carbocycles. The predicted molar refractivity (Wildman–Crippen MR) is 79.4 cm³/mol. The Morgan fingerprint density at radius 3 is 2.80 bits per heavy atom. The van der Waals surface area contributed by atoms with Crippen LogP contribution in [-0.4, -0.2) is 33.5 Å². The summed E-state index contributed by atoms with van der Waals surface area (Å²) in [7, 11) is 1.69. The van der Waals surface area contributed by atoms with E-state index in [4.69, 9.17) is 14.2 Å². The van der Waals surface area contributed by atoms with Crippen LogP contribution >= 0.6 is 0 Å². The summed E-state index contributed by atoms with van der Waals surface area (Å²) in [6, 6.07) is 6.05. The Morgan fingerprint density at radius 1 is 1.30 bits per heavy atom. The molecule has 2 rings (SSSR count). The van der Waals surface area contributed by atoms with Gasteiger partial charge in [0.1, 0.15) is 0 Å². The minimum atomic E-state index is 0.584.